The largest absolute Gasteiger partial charge is 0.352 e. The number of benzene rings is 1. The van der Waals surface area contributed by atoms with Gasteiger partial charge in [0.2, 0.25) is 0 Å². The van der Waals surface area contributed by atoms with E-state index in [2.05, 4.69) is 17.0 Å². The molecule has 2 atom stereocenters. The van der Waals surface area contributed by atoms with Crippen molar-refractivity contribution in [2.75, 3.05) is 18.1 Å². The van der Waals surface area contributed by atoms with Gasteiger partial charge in [-0.1, -0.05) is 54.3 Å². The van der Waals surface area contributed by atoms with Gasteiger partial charge < -0.3 is 4.90 Å². The molecule has 2 aliphatic heterocycles. The summed E-state index contributed by atoms with van der Waals surface area (Å²) >= 11 is 6.94. The number of fused-ring (bicyclic) bond motifs is 1. The normalized spacial score (nSPS) is 28.6. The Bertz CT molecular complexity index is 585. The maximum atomic E-state index is 11.7. The Hall–Kier alpha value is -0.590. The number of sulfone groups is 1. The Morgan fingerprint density at radius 2 is 2.00 bits per heavy atom. The second-order valence-corrected chi connectivity index (χ2v) is 9.02. The summed E-state index contributed by atoms with van der Waals surface area (Å²) in [6.45, 7) is 0.812. The van der Waals surface area contributed by atoms with Crippen LogP contribution in [-0.2, 0) is 16.3 Å². The molecule has 2 fully saturated rings. The molecule has 2 aliphatic rings. The molecule has 0 saturated carbocycles. The summed E-state index contributed by atoms with van der Waals surface area (Å²) in [4.78, 5) is 2.11. The van der Waals surface area contributed by atoms with Crippen molar-refractivity contribution < 1.29 is 8.42 Å². The Balaban J connectivity index is 1.69. The van der Waals surface area contributed by atoms with Crippen molar-refractivity contribution in [3.8, 4) is 0 Å². The van der Waals surface area contributed by atoms with Gasteiger partial charge in [0.05, 0.1) is 17.5 Å². The van der Waals surface area contributed by atoms with E-state index in [1.807, 2.05) is 18.2 Å². The topological polar surface area (TPSA) is 37.4 Å². The second kappa shape index (κ2) is 5.07. The van der Waals surface area contributed by atoms with Gasteiger partial charge in [-0.3, -0.25) is 0 Å². The molecule has 0 N–H and O–H groups in total. The minimum absolute atomic E-state index is 0.0891. The van der Waals surface area contributed by atoms with Gasteiger partial charge in [0.15, 0.2) is 9.84 Å². The van der Waals surface area contributed by atoms with Crippen LogP contribution in [0.25, 0.3) is 0 Å². The molecule has 0 bridgehead atoms. The standard InChI is InChI=1S/C13H15NO2S3/c15-19(16)8-11-12(9-19)18-13(17)14(11)7-6-10-4-2-1-3-5-10/h1-5,11-12H,6-9H2/t11-,12+/m1/s1. The van der Waals surface area contributed by atoms with Gasteiger partial charge in [-0.05, 0) is 12.0 Å². The van der Waals surface area contributed by atoms with Gasteiger partial charge in [0.1, 0.15) is 4.32 Å². The van der Waals surface area contributed by atoms with Crippen LogP contribution in [0.15, 0.2) is 30.3 Å². The molecule has 0 unspecified atom stereocenters. The summed E-state index contributed by atoms with van der Waals surface area (Å²) in [7, 11) is -2.87. The van der Waals surface area contributed by atoms with Crippen molar-refractivity contribution in [2.45, 2.75) is 17.7 Å². The molecule has 2 saturated heterocycles. The van der Waals surface area contributed by atoms with E-state index in [0.29, 0.717) is 0 Å². The van der Waals surface area contributed by atoms with Crippen molar-refractivity contribution in [2.24, 2.45) is 0 Å². The highest BCUT2D eigenvalue weighted by atomic mass is 32.2. The fourth-order valence-electron chi connectivity index (χ4n) is 2.68. The molecule has 0 aromatic heterocycles. The van der Waals surface area contributed by atoms with Crippen molar-refractivity contribution >= 4 is 38.1 Å². The summed E-state index contributed by atoms with van der Waals surface area (Å²) in [6, 6.07) is 10.3. The Morgan fingerprint density at radius 3 is 2.74 bits per heavy atom. The van der Waals surface area contributed by atoms with Crippen LogP contribution in [0.1, 0.15) is 5.56 Å². The third-order valence-electron chi connectivity index (χ3n) is 3.64. The third kappa shape index (κ3) is 2.80. The predicted molar refractivity (Wildman–Crippen MR) is 83.3 cm³/mol. The van der Waals surface area contributed by atoms with Crippen LogP contribution >= 0.6 is 24.0 Å². The Kier molecular flexibility index (Phi) is 3.57. The Morgan fingerprint density at radius 1 is 1.26 bits per heavy atom. The highest BCUT2D eigenvalue weighted by Gasteiger charge is 2.47. The van der Waals surface area contributed by atoms with Crippen LogP contribution in [0.3, 0.4) is 0 Å². The third-order valence-corrected chi connectivity index (χ3v) is 7.31. The van der Waals surface area contributed by atoms with Crippen LogP contribution in [0, 0.1) is 0 Å². The fourth-order valence-corrected chi connectivity index (χ4v) is 7.11. The first-order chi connectivity index (χ1) is 9.05. The predicted octanol–water partition coefficient (Wildman–Crippen LogP) is 1.73. The first kappa shape index (κ1) is 13.4. The lowest BCUT2D eigenvalue weighted by atomic mass is 10.1. The van der Waals surface area contributed by atoms with E-state index in [1.165, 1.54) is 5.56 Å². The van der Waals surface area contributed by atoms with E-state index < -0.39 is 9.84 Å². The molecule has 0 aliphatic carbocycles. The minimum atomic E-state index is -2.87. The highest BCUT2D eigenvalue weighted by Crippen LogP contribution is 2.37. The molecule has 0 radical (unpaired) electrons. The van der Waals surface area contributed by atoms with E-state index in [1.54, 1.807) is 11.8 Å². The zero-order valence-corrected chi connectivity index (χ0v) is 12.8. The van der Waals surface area contributed by atoms with E-state index in [-0.39, 0.29) is 22.8 Å². The van der Waals surface area contributed by atoms with Crippen molar-refractivity contribution in [3.63, 3.8) is 0 Å². The summed E-state index contributed by atoms with van der Waals surface area (Å²) in [6.07, 6.45) is 0.908. The van der Waals surface area contributed by atoms with Gasteiger partial charge >= 0.3 is 0 Å². The van der Waals surface area contributed by atoms with E-state index in [0.717, 1.165) is 17.3 Å². The molecule has 1 aromatic rings. The van der Waals surface area contributed by atoms with Crippen molar-refractivity contribution in [1.29, 1.82) is 0 Å². The SMILES string of the molecule is O=S1(=O)C[C@@H]2SC(=S)N(CCc3ccccc3)[C@@H]2C1. The van der Waals surface area contributed by atoms with Crippen LogP contribution in [0.2, 0.25) is 0 Å². The van der Waals surface area contributed by atoms with Crippen LogP contribution in [0.4, 0.5) is 0 Å². The number of hydrogen-bond donors (Lipinski definition) is 0. The number of rotatable bonds is 3. The van der Waals surface area contributed by atoms with Crippen LogP contribution in [0.5, 0.6) is 0 Å². The van der Waals surface area contributed by atoms with Crippen LogP contribution < -0.4 is 0 Å². The molecule has 1 aromatic carbocycles. The van der Waals surface area contributed by atoms with Gasteiger partial charge in [-0.25, -0.2) is 8.42 Å². The second-order valence-electron chi connectivity index (χ2n) is 5.00. The minimum Gasteiger partial charge on any atom is -0.352 e. The van der Waals surface area contributed by atoms with Crippen molar-refractivity contribution in [3.05, 3.63) is 35.9 Å². The molecule has 0 amide bonds. The van der Waals surface area contributed by atoms with E-state index in [9.17, 15) is 8.42 Å². The molecular formula is C13H15NO2S3. The molecular weight excluding hydrogens is 298 g/mol. The smallest absolute Gasteiger partial charge is 0.153 e. The van der Waals surface area contributed by atoms with Gasteiger partial charge in [0, 0.05) is 11.8 Å². The van der Waals surface area contributed by atoms with Gasteiger partial charge in [-0.2, -0.15) is 0 Å². The molecule has 3 rings (SSSR count). The van der Waals surface area contributed by atoms with Gasteiger partial charge in [-0.15, -0.1) is 0 Å². The molecule has 102 valence electrons. The summed E-state index contributed by atoms with van der Waals surface area (Å²) in [5, 5.41) is 0.147. The van der Waals surface area contributed by atoms with Crippen molar-refractivity contribution in [1.82, 2.24) is 4.90 Å². The lowest BCUT2D eigenvalue weighted by Gasteiger charge is -2.23. The number of nitrogens with zero attached hydrogens (tertiary/aromatic N) is 1. The maximum absolute atomic E-state index is 11.7. The van der Waals surface area contributed by atoms with Crippen LogP contribution in [-0.4, -0.2) is 47.0 Å². The zero-order valence-electron chi connectivity index (χ0n) is 10.4. The summed E-state index contributed by atoms with van der Waals surface area (Å²) in [5.41, 5.74) is 1.26. The quantitative estimate of drug-likeness (QED) is 0.795. The first-order valence-corrected chi connectivity index (χ1v) is 9.38. The molecule has 2 heterocycles. The van der Waals surface area contributed by atoms with E-state index in [4.69, 9.17) is 12.2 Å². The van der Waals surface area contributed by atoms with Gasteiger partial charge in [0.25, 0.3) is 0 Å². The zero-order chi connectivity index (χ0) is 13.5. The van der Waals surface area contributed by atoms with E-state index >= 15 is 0 Å². The molecule has 19 heavy (non-hydrogen) atoms. The molecule has 0 spiro atoms. The lowest BCUT2D eigenvalue weighted by molar-refractivity contribution is 0.365. The fraction of sp³-hybridized carbons (Fsp3) is 0.462. The monoisotopic (exact) mass is 313 g/mol. The average Bonchev–Trinajstić information content (AvgIpc) is 2.79. The average molecular weight is 313 g/mol. The number of hydrogen-bond acceptors (Lipinski definition) is 4. The highest BCUT2D eigenvalue weighted by molar-refractivity contribution is 8.24. The lowest BCUT2D eigenvalue weighted by Crippen LogP contribution is -2.38. The summed E-state index contributed by atoms with van der Waals surface area (Å²) < 4.78 is 24.2. The summed E-state index contributed by atoms with van der Waals surface area (Å²) in [5.74, 6) is 0.546. The maximum Gasteiger partial charge on any atom is 0.153 e. The molecule has 3 nitrogen and oxygen atoms in total. The number of thioether (sulfide) groups is 1. The number of thiocarbonyl (C=S) groups is 1. The first-order valence-electron chi connectivity index (χ1n) is 6.27. The molecule has 6 heteroatoms. The Labute approximate surface area is 123 Å².